The topological polar surface area (TPSA) is 17.0 Å². The fraction of sp³-hybridized carbons (Fsp3) is 0.429. The molecule has 1 N–H and O–H groups in total. The minimum atomic E-state index is 1.01. The third-order valence-corrected chi connectivity index (χ3v) is 3.42. The lowest BCUT2D eigenvalue weighted by atomic mass is 10.1. The lowest BCUT2D eigenvalue weighted by molar-refractivity contribution is 0.682. The molecule has 2 heterocycles. The minimum Gasteiger partial charge on any atom is -0.347 e. The van der Waals surface area contributed by atoms with Gasteiger partial charge in [0.1, 0.15) is 0 Å². The van der Waals surface area contributed by atoms with E-state index < -0.39 is 0 Å². The second kappa shape index (κ2) is 3.95. The van der Waals surface area contributed by atoms with Crippen LogP contribution in [0.2, 0.25) is 0 Å². The summed E-state index contributed by atoms with van der Waals surface area (Å²) in [5.74, 6) is 0. The van der Waals surface area contributed by atoms with Crippen molar-refractivity contribution in [1.29, 1.82) is 0 Å². The second-order valence-electron chi connectivity index (χ2n) is 4.59. The first-order chi connectivity index (χ1) is 7.90. The van der Waals surface area contributed by atoms with Crippen LogP contribution >= 0.6 is 0 Å². The summed E-state index contributed by atoms with van der Waals surface area (Å²) in [5.41, 5.74) is 4.39. The van der Waals surface area contributed by atoms with Gasteiger partial charge in [-0.2, -0.15) is 0 Å². The molecule has 0 amide bonds. The second-order valence-corrected chi connectivity index (χ2v) is 4.59. The quantitative estimate of drug-likeness (QED) is 0.813. The summed E-state index contributed by atoms with van der Waals surface area (Å²) in [5, 5.41) is 4.98. The molecule has 0 bridgehead atoms. The van der Waals surface area contributed by atoms with Crippen LogP contribution in [-0.2, 0) is 19.5 Å². The summed E-state index contributed by atoms with van der Waals surface area (Å²) < 4.78 is 2.42. The predicted octanol–water partition coefficient (Wildman–Crippen LogP) is 2.70. The largest absolute Gasteiger partial charge is 0.347 e. The number of hydrogen-bond donors (Lipinski definition) is 1. The molecule has 0 fully saturated rings. The average molecular weight is 214 g/mol. The van der Waals surface area contributed by atoms with Gasteiger partial charge in [-0.1, -0.05) is 19.1 Å². The van der Waals surface area contributed by atoms with Crippen molar-refractivity contribution in [3.05, 3.63) is 35.5 Å². The molecular formula is C14H18N2. The SMILES string of the molecule is CCCn1cc2c3c(cccc31)CNCC2. The molecule has 0 spiro atoms. The van der Waals surface area contributed by atoms with Crippen LogP contribution in [-0.4, -0.2) is 11.1 Å². The van der Waals surface area contributed by atoms with E-state index in [1.54, 1.807) is 0 Å². The Balaban J connectivity index is 2.26. The van der Waals surface area contributed by atoms with Crippen LogP contribution in [0.15, 0.2) is 24.4 Å². The van der Waals surface area contributed by atoms with E-state index in [-0.39, 0.29) is 0 Å². The normalized spacial score (nSPS) is 15.3. The molecule has 0 saturated heterocycles. The van der Waals surface area contributed by atoms with Crippen molar-refractivity contribution in [2.24, 2.45) is 0 Å². The van der Waals surface area contributed by atoms with Crippen molar-refractivity contribution in [3.8, 4) is 0 Å². The van der Waals surface area contributed by atoms with Gasteiger partial charge in [-0.3, -0.25) is 0 Å². The van der Waals surface area contributed by atoms with Gasteiger partial charge in [0.2, 0.25) is 0 Å². The molecule has 1 aromatic heterocycles. The molecule has 0 unspecified atom stereocenters. The Kier molecular flexibility index (Phi) is 2.44. The number of aromatic nitrogens is 1. The number of benzene rings is 1. The Morgan fingerprint density at radius 3 is 3.12 bits per heavy atom. The number of rotatable bonds is 2. The van der Waals surface area contributed by atoms with E-state index in [2.05, 4.69) is 41.2 Å². The zero-order valence-corrected chi connectivity index (χ0v) is 9.79. The first-order valence-electron chi connectivity index (χ1n) is 6.20. The zero-order valence-electron chi connectivity index (χ0n) is 9.79. The molecule has 3 rings (SSSR count). The van der Waals surface area contributed by atoms with Crippen LogP contribution in [0.25, 0.3) is 10.9 Å². The minimum absolute atomic E-state index is 1.01. The molecule has 1 aliphatic rings. The smallest absolute Gasteiger partial charge is 0.0486 e. The van der Waals surface area contributed by atoms with Crippen molar-refractivity contribution in [1.82, 2.24) is 9.88 Å². The third-order valence-electron chi connectivity index (χ3n) is 3.42. The Labute approximate surface area is 96.3 Å². The maximum absolute atomic E-state index is 3.48. The summed E-state index contributed by atoms with van der Waals surface area (Å²) in [6, 6.07) is 6.68. The fourth-order valence-corrected chi connectivity index (χ4v) is 2.73. The Hall–Kier alpha value is -1.28. The summed E-state index contributed by atoms with van der Waals surface area (Å²) in [4.78, 5) is 0. The van der Waals surface area contributed by atoms with E-state index >= 15 is 0 Å². The highest BCUT2D eigenvalue weighted by atomic mass is 15.0. The summed E-state index contributed by atoms with van der Waals surface area (Å²) in [6.45, 7) is 5.48. The van der Waals surface area contributed by atoms with E-state index in [9.17, 15) is 0 Å². The summed E-state index contributed by atoms with van der Waals surface area (Å²) in [6.07, 6.45) is 4.71. The van der Waals surface area contributed by atoms with Gasteiger partial charge in [0, 0.05) is 30.2 Å². The zero-order chi connectivity index (χ0) is 11.0. The van der Waals surface area contributed by atoms with E-state index in [0.29, 0.717) is 0 Å². The molecule has 1 aromatic carbocycles. The first kappa shape index (κ1) is 9.91. The van der Waals surface area contributed by atoms with E-state index in [1.807, 2.05) is 0 Å². The standard InChI is InChI=1S/C14H18N2/c1-2-8-16-10-12-6-7-15-9-11-4-3-5-13(16)14(11)12/h3-5,10,15H,2,6-9H2,1H3. The van der Waals surface area contributed by atoms with Gasteiger partial charge < -0.3 is 9.88 Å². The maximum atomic E-state index is 3.48. The molecule has 0 saturated carbocycles. The molecule has 16 heavy (non-hydrogen) atoms. The number of nitrogens with zero attached hydrogens (tertiary/aromatic N) is 1. The molecule has 84 valence electrons. The van der Waals surface area contributed by atoms with Gasteiger partial charge in [0.15, 0.2) is 0 Å². The van der Waals surface area contributed by atoms with Crippen molar-refractivity contribution < 1.29 is 0 Å². The predicted molar refractivity (Wildman–Crippen MR) is 67.6 cm³/mol. The van der Waals surface area contributed by atoms with Gasteiger partial charge in [0.05, 0.1) is 0 Å². The van der Waals surface area contributed by atoms with E-state index in [0.717, 1.165) is 26.1 Å². The molecule has 0 radical (unpaired) electrons. The van der Waals surface area contributed by atoms with Crippen LogP contribution in [0.5, 0.6) is 0 Å². The lowest BCUT2D eigenvalue weighted by Crippen LogP contribution is -2.14. The molecule has 0 aliphatic carbocycles. The van der Waals surface area contributed by atoms with Crippen LogP contribution in [0.1, 0.15) is 24.5 Å². The number of aryl methyl sites for hydroxylation is 1. The number of hydrogen-bond acceptors (Lipinski definition) is 1. The van der Waals surface area contributed by atoms with Crippen molar-refractivity contribution >= 4 is 10.9 Å². The van der Waals surface area contributed by atoms with Crippen LogP contribution in [0.4, 0.5) is 0 Å². The molecule has 2 nitrogen and oxygen atoms in total. The third kappa shape index (κ3) is 1.45. The van der Waals surface area contributed by atoms with Gasteiger partial charge in [-0.05, 0) is 36.6 Å². The number of nitrogens with one attached hydrogen (secondary N) is 1. The highest BCUT2D eigenvalue weighted by molar-refractivity contribution is 5.87. The Morgan fingerprint density at radius 2 is 2.25 bits per heavy atom. The summed E-state index contributed by atoms with van der Waals surface area (Å²) in [7, 11) is 0. The van der Waals surface area contributed by atoms with Gasteiger partial charge in [0.25, 0.3) is 0 Å². The van der Waals surface area contributed by atoms with Crippen LogP contribution in [0.3, 0.4) is 0 Å². The van der Waals surface area contributed by atoms with E-state index in [1.165, 1.54) is 28.5 Å². The lowest BCUT2D eigenvalue weighted by Gasteiger charge is -2.05. The fourth-order valence-electron chi connectivity index (χ4n) is 2.73. The molecule has 2 heteroatoms. The average Bonchev–Trinajstić information content (AvgIpc) is 2.52. The first-order valence-corrected chi connectivity index (χ1v) is 6.20. The highest BCUT2D eigenvalue weighted by Crippen LogP contribution is 2.27. The molecule has 0 atom stereocenters. The van der Waals surface area contributed by atoms with Crippen molar-refractivity contribution in [3.63, 3.8) is 0 Å². The molecular weight excluding hydrogens is 196 g/mol. The van der Waals surface area contributed by atoms with E-state index in [4.69, 9.17) is 0 Å². The Bertz CT molecular complexity index is 511. The maximum Gasteiger partial charge on any atom is 0.0486 e. The molecule has 1 aliphatic heterocycles. The monoisotopic (exact) mass is 214 g/mol. The Morgan fingerprint density at radius 1 is 1.31 bits per heavy atom. The molecule has 2 aromatic rings. The van der Waals surface area contributed by atoms with Crippen LogP contribution in [0, 0.1) is 0 Å². The van der Waals surface area contributed by atoms with Gasteiger partial charge in [-0.25, -0.2) is 0 Å². The van der Waals surface area contributed by atoms with Crippen molar-refractivity contribution in [2.75, 3.05) is 6.54 Å². The van der Waals surface area contributed by atoms with Crippen molar-refractivity contribution in [2.45, 2.75) is 32.9 Å². The van der Waals surface area contributed by atoms with Gasteiger partial charge >= 0.3 is 0 Å². The van der Waals surface area contributed by atoms with Gasteiger partial charge in [-0.15, -0.1) is 0 Å². The highest BCUT2D eigenvalue weighted by Gasteiger charge is 2.13. The van der Waals surface area contributed by atoms with Crippen LogP contribution < -0.4 is 5.32 Å². The summed E-state index contributed by atoms with van der Waals surface area (Å²) >= 11 is 0.